The molecule has 1 fully saturated rings. The third kappa shape index (κ3) is 3.38. The monoisotopic (exact) mass is 290 g/mol. The molecule has 1 saturated carbocycles. The second kappa shape index (κ2) is 5.28. The molecule has 0 aromatic heterocycles. The molecular formula is C12H13F3N2O3. The van der Waals surface area contributed by atoms with Crippen LogP contribution in [0.2, 0.25) is 0 Å². The molecule has 2 rings (SSSR count). The van der Waals surface area contributed by atoms with Crippen molar-refractivity contribution < 1.29 is 23.2 Å². The summed E-state index contributed by atoms with van der Waals surface area (Å²) in [5, 5.41) is 20.0. The van der Waals surface area contributed by atoms with E-state index in [0.29, 0.717) is 18.4 Å². The molecule has 1 aromatic carbocycles. The van der Waals surface area contributed by atoms with Gasteiger partial charge in [-0.05, 0) is 24.5 Å². The van der Waals surface area contributed by atoms with Crippen molar-refractivity contribution in [2.75, 3.05) is 11.4 Å². The normalized spacial score (nSPS) is 15.2. The Balaban J connectivity index is 2.39. The zero-order chi connectivity index (χ0) is 14.9. The molecule has 1 aliphatic rings. The van der Waals surface area contributed by atoms with Crippen molar-refractivity contribution in [3.05, 3.63) is 33.9 Å². The number of nitro benzene ring substituents is 1. The highest BCUT2D eigenvalue weighted by Gasteiger charge is 2.40. The van der Waals surface area contributed by atoms with E-state index in [1.165, 1.54) is 12.1 Å². The summed E-state index contributed by atoms with van der Waals surface area (Å²) in [6.07, 6.45) is -3.24. The minimum Gasteiger partial charge on any atom is -0.392 e. The third-order valence-electron chi connectivity index (χ3n) is 3.07. The van der Waals surface area contributed by atoms with Gasteiger partial charge in [0.2, 0.25) is 0 Å². The van der Waals surface area contributed by atoms with Gasteiger partial charge in [0.05, 0.1) is 11.5 Å². The van der Waals surface area contributed by atoms with Gasteiger partial charge in [0, 0.05) is 12.1 Å². The summed E-state index contributed by atoms with van der Waals surface area (Å²) in [6.45, 7) is -1.61. The molecule has 0 aliphatic heterocycles. The van der Waals surface area contributed by atoms with Crippen molar-refractivity contribution in [3.8, 4) is 0 Å². The number of aliphatic hydroxyl groups is 1. The summed E-state index contributed by atoms with van der Waals surface area (Å²) in [5.41, 5.74) is -0.164. The maximum Gasteiger partial charge on any atom is 0.405 e. The molecule has 0 unspecified atom stereocenters. The summed E-state index contributed by atoms with van der Waals surface area (Å²) in [5.74, 6) is 0. The predicted molar refractivity (Wildman–Crippen MR) is 65.4 cm³/mol. The summed E-state index contributed by atoms with van der Waals surface area (Å²) < 4.78 is 37.8. The SMILES string of the molecule is O=[N+]([O-])c1cc(CO)ccc1N(CC(F)(F)F)C1CC1. The van der Waals surface area contributed by atoms with E-state index in [-0.39, 0.29) is 11.7 Å². The molecule has 0 amide bonds. The van der Waals surface area contributed by atoms with Crippen LogP contribution in [-0.2, 0) is 6.61 Å². The number of nitrogens with zero attached hydrogens (tertiary/aromatic N) is 2. The van der Waals surface area contributed by atoms with Crippen LogP contribution >= 0.6 is 0 Å². The van der Waals surface area contributed by atoms with Crippen LogP contribution in [0.25, 0.3) is 0 Å². The molecule has 8 heteroatoms. The fourth-order valence-corrected chi connectivity index (χ4v) is 2.05. The minimum atomic E-state index is -4.42. The van der Waals surface area contributed by atoms with Crippen molar-refractivity contribution >= 4 is 11.4 Å². The Labute approximate surface area is 112 Å². The van der Waals surface area contributed by atoms with Crippen molar-refractivity contribution in [2.45, 2.75) is 31.7 Å². The van der Waals surface area contributed by atoms with Gasteiger partial charge in [-0.3, -0.25) is 10.1 Å². The standard InChI is InChI=1S/C12H13F3N2O3/c13-12(14,15)7-16(9-2-3-9)10-4-1-8(6-18)5-11(10)17(19)20/h1,4-5,9,18H,2-3,6-7H2. The average molecular weight is 290 g/mol. The number of rotatable bonds is 5. The highest BCUT2D eigenvalue weighted by atomic mass is 19.4. The molecule has 0 atom stereocenters. The molecule has 0 radical (unpaired) electrons. The van der Waals surface area contributed by atoms with Crippen molar-refractivity contribution in [1.29, 1.82) is 0 Å². The van der Waals surface area contributed by atoms with E-state index in [0.717, 1.165) is 11.0 Å². The van der Waals surface area contributed by atoms with Gasteiger partial charge in [-0.15, -0.1) is 0 Å². The van der Waals surface area contributed by atoms with Gasteiger partial charge < -0.3 is 10.0 Å². The maximum absolute atomic E-state index is 12.6. The summed E-state index contributed by atoms with van der Waals surface area (Å²) in [4.78, 5) is 11.3. The van der Waals surface area contributed by atoms with E-state index in [1.807, 2.05) is 0 Å². The molecular weight excluding hydrogens is 277 g/mol. The Bertz CT molecular complexity index is 515. The second-order valence-electron chi connectivity index (χ2n) is 4.71. The zero-order valence-electron chi connectivity index (χ0n) is 10.4. The summed E-state index contributed by atoms with van der Waals surface area (Å²) >= 11 is 0. The second-order valence-corrected chi connectivity index (χ2v) is 4.71. The molecule has 0 saturated heterocycles. The van der Waals surface area contributed by atoms with E-state index in [4.69, 9.17) is 5.11 Å². The lowest BCUT2D eigenvalue weighted by Gasteiger charge is -2.25. The van der Waals surface area contributed by atoms with Crippen LogP contribution < -0.4 is 4.90 Å². The number of halogens is 3. The van der Waals surface area contributed by atoms with E-state index >= 15 is 0 Å². The first kappa shape index (κ1) is 14.6. The van der Waals surface area contributed by atoms with Crippen LogP contribution in [0.5, 0.6) is 0 Å². The molecule has 0 heterocycles. The van der Waals surface area contributed by atoms with Crippen LogP contribution in [0.3, 0.4) is 0 Å². The fourth-order valence-electron chi connectivity index (χ4n) is 2.05. The number of benzene rings is 1. The van der Waals surface area contributed by atoms with Crippen LogP contribution in [0.4, 0.5) is 24.5 Å². The quantitative estimate of drug-likeness (QED) is 0.668. The van der Waals surface area contributed by atoms with Gasteiger partial charge >= 0.3 is 6.18 Å². The van der Waals surface area contributed by atoms with Gasteiger partial charge in [-0.2, -0.15) is 13.2 Å². The van der Waals surface area contributed by atoms with E-state index in [9.17, 15) is 23.3 Å². The van der Waals surface area contributed by atoms with Crippen LogP contribution in [0.1, 0.15) is 18.4 Å². The molecule has 1 aliphatic carbocycles. The summed E-state index contributed by atoms with van der Waals surface area (Å²) in [7, 11) is 0. The number of anilines is 1. The van der Waals surface area contributed by atoms with Crippen LogP contribution in [0.15, 0.2) is 18.2 Å². The number of hydrogen-bond acceptors (Lipinski definition) is 4. The minimum absolute atomic E-state index is 0.0491. The molecule has 0 bridgehead atoms. The lowest BCUT2D eigenvalue weighted by atomic mass is 10.1. The van der Waals surface area contributed by atoms with Crippen LogP contribution in [0, 0.1) is 10.1 Å². The Hall–Kier alpha value is -1.83. The van der Waals surface area contributed by atoms with Gasteiger partial charge in [0.25, 0.3) is 5.69 Å². The first-order chi connectivity index (χ1) is 9.31. The van der Waals surface area contributed by atoms with Gasteiger partial charge in [-0.25, -0.2) is 0 Å². The highest BCUT2D eigenvalue weighted by molar-refractivity contribution is 5.65. The van der Waals surface area contributed by atoms with Gasteiger partial charge in [0.15, 0.2) is 0 Å². The van der Waals surface area contributed by atoms with E-state index in [1.54, 1.807) is 0 Å². The number of nitro groups is 1. The smallest absolute Gasteiger partial charge is 0.392 e. The summed E-state index contributed by atoms with van der Waals surface area (Å²) in [6, 6.07) is 3.47. The largest absolute Gasteiger partial charge is 0.405 e. The number of hydrogen-bond donors (Lipinski definition) is 1. The topological polar surface area (TPSA) is 66.6 Å². The van der Waals surface area contributed by atoms with E-state index in [2.05, 4.69) is 0 Å². The third-order valence-corrected chi connectivity index (χ3v) is 3.07. The molecule has 1 N–H and O–H groups in total. The highest BCUT2D eigenvalue weighted by Crippen LogP contribution is 2.39. The average Bonchev–Trinajstić information content (AvgIpc) is 3.18. The van der Waals surface area contributed by atoms with Crippen molar-refractivity contribution in [3.63, 3.8) is 0 Å². The predicted octanol–water partition coefficient (Wildman–Crippen LogP) is 2.62. The Morgan fingerprint density at radius 2 is 2.05 bits per heavy atom. The Morgan fingerprint density at radius 3 is 2.50 bits per heavy atom. The maximum atomic E-state index is 12.6. The molecule has 1 aromatic rings. The Kier molecular flexibility index (Phi) is 3.85. The first-order valence-electron chi connectivity index (χ1n) is 6.03. The number of alkyl halides is 3. The van der Waals surface area contributed by atoms with Crippen molar-refractivity contribution in [2.24, 2.45) is 0 Å². The van der Waals surface area contributed by atoms with Gasteiger partial charge in [-0.1, -0.05) is 6.07 Å². The first-order valence-corrected chi connectivity index (χ1v) is 6.03. The van der Waals surface area contributed by atoms with Crippen LogP contribution in [-0.4, -0.2) is 28.8 Å². The Morgan fingerprint density at radius 1 is 1.40 bits per heavy atom. The van der Waals surface area contributed by atoms with Crippen molar-refractivity contribution in [1.82, 2.24) is 0 Å². The number of aliphatic hydroxyl groups excluding tert-OH is 1. The molecule has 0 spiro atoms. The van der Waals surface area contributed by atoms with E-state index < -0.39 is 29.9 Å². The molecule has 5 nitrogen and oxygen atoms in total. The lowest BCUT2D eigenvalue weighted by Crippen LogP contribution is -2.36. The fraction of sp³-hybridized carbons (Fsp3) is 0.500. The molecule has 20 heavy (non-hydrogen) atoms. The lowest BCUT2D eigenvalue weighted by molar-refractivity contribution is -0.384. The molecule has 110 valence electrons. The zero-order valence-corrected chi connectivity index (χ0v) is 10.4. The van der Waals surface area contributed by atoms with Gasteiger partial charge in [0.1, 0.15) is 12.2 Å².